The van der Waals surface area contributed by atoms with Crippen LogP contribution in [-0.4, -0.2) is 10.8 Å². The molecule has 0 amide bonds. The fraction of sp³-hybridized carbons (Fsp3) is 0.500. The molecule has 0 aliphatic carbocycles. The first-order valence-electron chi connectivity index (χ1n) is 2.60. The van der Waals surface area contributed by atoms with Crippen LogP contribution >= 0.6 is 20.7 Å². The Morgan fingerprint density at radius 2 is 2.11 bits per heavy atom. The van der Waals surface area contributed by atoms with Gasteiger partial charge in [0, 0.05) is 12.8 Å². The van der Waals surface area contributed by atoms with Gasteiger partial charge in [0.1, 0.15) is 0 Å². The van der Waals surface area contributed by atoms with Crippen LogP contribution < -0.4 is 5.73 Å². The number of allylic oxidation sites excluding steroid dienone is 1. The molecule has 9 heavy (non-hydrogen) atoms. The molecular weight excluding hydrogens is 229 g/mol. The highest BCUT2D eigenvalue weighted by Gasteiger charge is 1.79. The standard InChI is InChI=1S/C6H12INO/c1-5(8)4-7-6(2)9-3/h4H,8H2,1-3H3/b5-4+. The van der Waals surface area contributed by atoms with Gasteiger partial charge in [0.15, 0.2) is 0 Å². The van der Waals surface area contributed by atoms with E-state index in [4.69, 9.17) is 10.5 Å². The van der Waals surface area contributed by atoms with E-state index in [-0.39, 0.29) is 20.7 Å². The van der Waals surface area contributed by atoms with Crippen molar-refractivity contribution >= 4 is 24.4 Å². The van der Waals surface area contributed by atoms with Gasteiger partial charge in [0.25, 0.3) is 0 Å². The van der Waals surface area contributed by atoms with Crippen molar-refractivity contribution in [3.05, 3.63) is 9.78 Å². The van der Waals surface area contributed by atoms with Crippen molar-refractivity contribution in [3.63, 3.8) is 0 Å². The number of halogens is 1. The van der Waals surface area contributed by atoms with Crippen LogP contribution in [0.2, 0.25) is 0 Å². The van der Waals surface area contributed by atoms with Crippen molar-refractivity contribution < 1.29 is 4.74 Å². The predicted molar refractivity (Wildman–Crippen MR) is 49.7 cm³/mol. The zero-order valence-corrected chi connectivity index (χ0v) is 8.10. The predicted octanol–water partition coefficient (Wildman–Crippen LogP) is 1.57. The minimum absolute atomic E-state index is 0.0709. The van der Waals surface area contributed by atoms with Gasteiger partial charge in [0.2, 0.25) is 0 Å². The van der Waals surface area contributed by atoms with Crippen LogP contribution in [0.3, 0.4) is 0 Å². The highest BCUT2D eigenvalue weighted by Crippen LogP contribution is 2.04. The maximum Gasteiger partial charge on any atom is 0.0811 e. The Balaban J connectivity index is 3.83. The smallest absolute Gasteiger partial charge is 0.0811 e. The van der Waals surface area contributed by atoms with Crippen molar-refractivity contribution in [1.82, 2.24) is 0 Å². The average Bonchev–Trinajstić information content (AvgIpc) is 1.83. The SMILES string of the molecule is COC(C)=I/C=C(\C)N. The van der Waals surface area contributed by atoms with E-state index < -0.39 is 0 Å². The van der Waals surface area contributed by atoms with Crippen molar-refractivity contribution in [2.24, 2.45) is 5.73 Å². The third kappa shape index (κ3) is 5.98. The first-order chi connectivity index (χ1) is 4.16. The minimum Gasteiger partial charge on any atom is -0.402 e. The highest BCUT2D eigenvalue weighted by atomic mass is 127. The lowest BCUT2D eigenvalue weighted by atomic mass is 10.6. The first-order valence-corrected chi connectivity index (χ1v) is 4.92. The summed E-state index contributed by atoms with van der Waals surface area (Å²) in [5.41, 5.74) is 6.30. The maximum absolute atomic E-state index is 5.42. The summed E-state index contributed by atoms with van der Waals surface area (Å²) < 4.78 is 8.10. The highest BCUT2D eigenvalue weighted by molar-refractivity contribution is 14.2. The normalized spacial score (nSPS) is 15.0. The quantitative estimate of drug-likeness (QED) is 0.745. The number of hydrogen-bond acceptors (Lipinski definition) is 2. The summed E-state index contributed by atoms with van der Waals surface area (Å²) in [5.74, 6) is 0. The fourth-order valence-electron chi connectivity index (χ4n) is 0.207. The minimum atomic E-state index is -0.0709. The Labute approximate surface area is 65.8 Å². The van der Waals surface area contributed by atoms with Gasteiger partial charge in [-0.2, -0.15) is 0 Å². The monoisotopic (exact) mass is 241 g/mol. The molecule has 0 unspecified atom stereocenters. The second-order valence-electron chi connectivity index (χ2n) is 1.64. The molecule has 0 heterocycles. The summed E-state index contributed by atoms with van der Waals surface area (Å²) in [5, 5.41) is 0. The van der Waals surface area contributed by atoms with Gasteiger partial charge in [-0.1, -0.05) is 20.7 Å². The van der Waals surface area contributed by atoms with Crippen LogP contribution in [-0.2, 0) is 4.74 Å². The lowest BCUT2D eigenvalue weighted by Gasteiger charge is -1.90. The summed E-state index contributed by atoms with van der Waals surface area (Å²) in [6.07, 6.45) is 0. The molecule has 0 atom stereocenters. The van der Waals surface area contributed by atoms with E-state index in [2.05, 4.69) is 0 Å². The Hall–Kier alpha value is 0.1000. The molecule has 0 aliphatic rings. The van der Waals surface area contributed by atoms with E-state index in [0.29, 0.717) is 0 Å². The van der Waals surface area contributed by atoms with Crippen molar-refractivity contribution in [1.29, 1.82) is 0 Å². The number of rotatable bonds is 2. The number of hydrogen-bond donors (Lipinski definition) is 1. The molecule has 0 saturated carbocycles. The van der Waals surface area contributed by atoms with Gasteiger partial charge in [-0.15, -0.1) is 0 Å². The van der Waals surface area contributed by atoms with Gasteiger partial charge < -0.3 is 10.5 Å². The average molecular weight is 241 g/mol. The summed E-state index contributed by atoms with van der Waals surface area (Å²) >= 11 is -0.0709. The molecule has 0 rings (SSSR count). The second-order valence-corrected chi connectivity index (χ2v) is 4.40. The summed E-state index contributed by atoms with van der Waals surface area (Å²) in [7, 11) is 1.69. The Morgan fingerprint density at radius 3 is 2.44 bits per heavy atom. The van der Waals surface area contributed by atoms with Gasteiger partial charge >= 0.3 is 0 Å². The molecule has 2 nitrogen and oxygen atoms in total. The lowest BCUT2D eigenvalue weighted by molar-refractivity contribution is 0.413. The van der Waals surface area contributed by atoms with Crippen molar-refractivity contribution in [3.8, 4) is 0 Å². The van der Waals surface area contributed by atoms with E-state index in [0.717, 1.165) is 9.39 Å². The van der Waals surface area contributed by atoms with Crippen LogP contribution in [0.1, 0.15) is 13.8 Å². The molecule has 0 saturated heterocycles. The molecule has 0 bridgehead atoms. The van der Waals surface area contributed by atoms with Gasteiger partial charge in [-0.25, -0.2) is 0 Å². The Bertz CT molecular complexity index is 136. The number of methoxy groups -OCH3 is 1. The summed E-state index contributed by atoms with van der Waals surface area (Å²) in [4.78, 5) is 0. The second kappa shape index (κ2) is 4.93. The molecule has 2 N–H and O–H groups in total. The Morgan fingerprint density at radius 1 is 1.56 bits per heavy atom. The molecule has 0 aromatic heterocycles. The molecule has 0 aromatic rings. The summed E-state index contributed by atoms with van der Waals surface area (Å²) in [6, 6.07) is 0. The molecule has 0 spiro atoms. The van der Waals surface area contributed by atoms with Crippen molar-refractivity contribution in [2.45, 2.75) is 13.8 Å². The molecule has 0 radical (unpaired) electrons. The first kappa shape index (κ1) is 9.10. The van der Waals surface area contributed by atoms with Gasteiger partial charge in [0.05, 0.1) is 3.69 Å². The molecule has 0 fully saturated rings. The Kier molecular flexibility index (Phi) is 4.99. The molecule has 0 aliphatic heterocycles. The van der Waals surface area contributed by atoms with Crippen LogP contribution in [0.5, 0.6) is 0 Å². The topological polar surface area (TPSA) is 35.2 Å². The van der Waals surface area contributed by atoms with E-state index in [1.54, 1.807) is 7.11 Å². The fourth-order valence-corrected chi connectivity index (χ4v) is 1.39. The lowest BCUT2D eigenvalue weighted by Crippen LogP contribution is -1.89. The van der Waals surface area contributed by atoms with E-state index in [9.17, 15) is 0 Å². The van der Waals surface area contributed by atoms with Crippen LogP contribution in [0.25, 0.3) is 0 Å². The van der Waals surface area contributed by atoms with E-state index >= 15 is 0 Å². The summed E-state index contributed by atoms with van der Waals surface area (Å²) in [6.45, 7) is 3.87. The largest absolute Gasteiger partial charge is 0.402 e. The van der Waals surface area contributed by atoms with Crippen molar-refractivity contribution in [2.75, 3.05) is 7.11 Å². The van der Waals surface area contributed by atoms with E-state index in [1.807, 2.05) is 17.9 Å². The van der Waals surface area contributed by atoms with Gasteiger partial charge in [-0.3, -0.25) is 0 Å². The molecular formula is C6H12INO. The zero-order chi connectivity index (χ0) is 7.28. The number of ether oxygens (including phenoxy) is 1. The number of nitrogens with two attached hydrogens (primary N) is 1. The molecule has 0 aromatic carbocycles. The van der Waals surface area contributed by atoms with Crippen LogP contribution in [0.4, 0.5) is 0 Å². The van der Waals surface area contributed by atoms with E-state index in [1.165, 1.54) is 0 Å². The molecule has 3 heteroatoms. The third-order valence-electron chi connectivity index (χ3n) is 0.662. The maximum atomic E-state index is 5.42. The van der Waals surface area contributed by atoms with Crippen LogP contribution in [0.15, 0.2) is 9.78 Å². The third-order valence-corrected chi connectivity index (χ3v) is 3.27. The zero-order valence-electron chi connectivity index (χ0n) is 5.94. The van der Waals surface area contributed by atoms with Gasteiger partial charge in [-0.05, 0) is 17.9 Å². The molecule has 54 valence electrons. The van der Waals surface area contributed by atoms with Crippen LogP contribution in [0, 0.1) is 0 Å².